The molecule has 4 heterocycles. The summed E-state index contributed by atoms with van der Waals surface area (Å²) in [5, 5.41) is 136. The second-order valence-electron chi connectivity index (χ2n) is 16.1. The molecule has 20 unspecified atom stereocenters. The Labute approximate surface area is 323 Å². The van der Waals surface area contributed by atoms with Gasteiger partial charge in [-0.25, -0.2) is 0 Å². The Bertz CT molecular complexity index is 1170. The summed E-state index contributed by atoms with van der Waals surface area (Å²) < 4.78 is 46.6. The first-order chi connectivity index (χ1) is 25.7. The van der Waals surface area contributed by atoms with Crippen molar-refractivity contribution in [2.75, 3.05) is 38.8 Å². The van der Waals surface area contributed by atoms with E-state index < -0.39 is 155 Å². The van der Waals surface area contributed by atoms with E-state index in [0.717, 1.165) is 0 Å². The zero-order chi connectivity index (χ0) is 41.2. The molecular weight excluding hydrogens is 764 g/mol. The summed E-state index contributed by atoms with van der Waals surface area (Å²) in [6.45, 7) is 4.66. The Morgan fingerprint density at radius 2 is 0.836 bits per heavy atom. The van der Waals surface area contributed by atoms with Crippen molar-refractivity contribution >= 4 is 12.6 Å². The first kappa shape index (κ1) is 47.2. The number of aliphatic hydroxyl groups is 13. The molecule has 55 heavy (non-hydrogen) atoms. The molecule has 0 aromatic heterocycles. The summed E-state index contributed by atoms with van der Waals surface area (Å²) in [7, 11) is 0. The van der Waals surface area contributed by atoms with Crippen molar-refractivity contribution in [3.8, 4) is 0 Å². The van der Waals surface area contributed by atoms with Crippen molar-refractivity contribution in [1.29, 1.82) is 0 Å². The van der Waals surface area contributed by atoms with Crippen LogP contribution in [0.2, 0.25) is 0 Å². The lowest BCUT2D eigenvalue weighted by Gasteiger charge is -2.49. The van der Waals surface area contributed by atoms with Gasteiger partial charge in [0.2, 0.25) is 0 Å². The summed E-state index contributed by atoms with van der Waals surface area (Å²) in [5.41, 5.74) is -0.780. The molecule has 0 bridgehead atoms. The summed E-state index contributed by atoms with van der Waals surface area (Å²) in [6, 6.07) is 0. The number of hydrogen-bond acceptors (Lipinski definition) is 22. The van der Waals surface area contributed by atoms with Gasteiger partial charge in [-0.2, -0.15) is 12.6 Å². The first-order valence-corrected chi connectivity index (χ1v) is 18.7. The topological polar surface area (TPSA) is 337 Å². The first-order valence-electron chi connectivity index (χ1n) is 18.1. The van der Waals surface area contributed by atoms with E-state index in [1.165, 1.54) is 0 Å². The summed E-state index contributed by atoms with van der Waals surface area (Å²) in [6.07, 6.45) is -34.4. The predicted octanol–water partition coefficient (Wildman–Crippen LogP) is -6.35. The van der Waals surface area contributed by atoms with E-state index in [4.69, 9.17) is 37.9 Å². The van der Waals surface area contributed by atoms with Gasteiger partial charge in [0.25, 0.3) is 0 Å². The maximum atomic E-state index is 11.8. The monoisotopic (exact) mass is 824 g/mol. The Kier molecular flexibility index (Phi) is 16.9. The lowest BCUT2D eigenvalue weighted by Crippen LogP contribution is -2.67. The SMILES string of the molecule is CC(C)(CS)CC(C)(C)COC1OC(COC2OC(CO)C(O)C(O)C2O)C(OC2OC(CO)C(O)C(O)C2O)C(OC2OC(CO)C(O)C(O)C2O)C1O. The number of hydrogen-bond donors (Lipinski definition) is 14. The molecule has 0 amide bonds. The number of thiol groups is 1. The van der Waals surface area contributed by atoms with Crippen LogP contribution in [0.4, 0.5) is 0 Å². The molecule has 0 radical (unpaired) electrons. The molecule has 13 N–H and O–H groups in total. The molecule has 21 nitrogen and oxygen atoms in total. The van der Waals surface area contributed by atoms with Crippen LogP contribution in [-0.4, -0.2) is 228 Å². The molecule has 4 rings (SSSR count). The van der Waals surface area contributed by atoms with Crippen molar-refractivity contribution in [3.63, 3.8) is 0 Å². The van der Waals surface area contributed by atoms with Crippen LogP contribution in [0.5, 0.6) is 0 Å². The smallest absolute Gasteiger partial charge is 0.187 e. The number of aliphatic hydroxyl groups excluding tert-OH is 13. The van der Waals surface area contributed by atoms with Gasteiger partial charge < -0.3 is 104 Å². The van der Waals surface area contributed by atoms with E-state index >= 15 is 0 Å². The second kappa shape index (κ2) is 19.7. The Morgan fingerprint density at radius 1 is 0.455 bits per heavy atom. The fourth-order valence-corrected chi connectivity index (χ4v) is 7.37. The van der Waals surface area contributed by atoms with Crippen molar-refractivity contribution < 1.29 is 104 Å². The summed E-state index contributed by atoms with van der Waals surface area (Å²) in [5.74, 6) is 0.544. The van der Waals surface area contributed by atoms with Crippen molar-refractivity contribution in [2.45, 2.75) is 157 Å². The van der Waals surface area contributed by atoms with Gasteiger partial charge in [0.15, 0.2) is 25.2 Å². The third-order valence-corrected chi connectivity index (χ3v) is 11.0. The van der Waals surface area contributed by atoms with E-state index in [2.05, 4.69) is 12.6 Å². The quantitative estimate of drug-likeness (QED) is 0.0644. The molecule has 0 aromatic rings. The van der Waals surface area contributed by atoms with Crippen molar-refractivity contribution in [2.24, 2.45) is 10.8 Å². The maximum absolute atomic E-state index is 11.8. The highest BCUT2D eigenvalue weighted by molar-refractivity contribution is 7.80. The van der Waals surface area contributed by atoms with Crippen molar-refractivity contribution in [1.82, 2.24) is 0 Å². The van der Waals surface area contributed by atoms with Gasteiger partial charge in [0.1, 0.15) is 97.7 Å². The lowest BCUT2D eigenvalue weighted by atomic mass is 9.76. The highest BCUT2D eigenvalue weighted by Gasteiger charge is 2.55. The molecule has 0 spiro atoms. The van der Waals surface area contributed by atoms with Crippen LogP contribution in [0.15, 0.2) is 0 Å². The van der Waals surface area contributed by atoms with Gasteiger partial charge in [0, 0.05) is 0 Å². The third kappa shape index (κ3) is 11.0. The highest BCUT2D eigenvalue weighted by atomic mass is 32.1. The van der Waals surface area contributed by atoms with E-state index in [9.17, 15) is 66.4 Å². The van der Waals surface area contributed by atoms with Crippen LogP contribution < -0.4 is 0 Å². The highest BCUT2D eigenvalue weighted by Crippen LogP contribution is 2.38. The Hall–Kier alpha value is -0.490. The van der Waals surface area contributed by atoms with Crippen LogP contribution in [0, 0.1) is 10.8 Å². The number of ether oxygens (including phenoxy) is 8. The molecule has 4 saturated heterocycles. The zero-order valence-corrected chi connectivity index (χ0v) is 31.9. The average Bonchev–Trinajstić information content (AvgIpc) is 3.14. The van der Waals surface area contributed by atoms with Crippen LogP contribution in [0.1, 0.15) is 34.1 Å². The molecule has 0 aliphatic carbocycles. The van der Waals surface area contributed by atoms with Gasteiger partial charge in [-0.1, -0.05) is 27.7 Å². The van der Waals surface area contributed by atoms with Gasteiger partial charge in [-0.3, -0.25) is 0 Å². The van der Waals surface area contributed by atoms with Gasteiger partial charge in [-0.05, 0) is 23.0 Å². The normalized spacial score (nSPS) is 46.1. The van der Waals surface area contributed by atoms with Crippen LogP contribution in [0.25, 0.3) is 0 Å². The van der Waals surface area contributed by atoms with Crippen LogP contribution in [0.3, 0.4) is 0 Å². The predicted molar refractivity (Wildman–Crippen MR) is 184 cm³/mol. The molecule has 22 heteroatoms. The minimum atomic E-state index is -1.99. The standard InChI is InChI=1S/C33H60O21S/c1-32(2,9-33(3,4)11-55)10-48-29-25(46)27(54-31-24(45)21(42)18(39)14(7-36)51-31)26(53-30-23(44)20(41)17(38)13(6-35)50-30)15(52-29)8-47-28-22(43)19(40)16(37)12(5-34)49-28/h12-31,34-46,55H,5-11H2,1-4H3. The van der Waals surface area contributed by atoms with E-state index in [1.807, 2.05) is 27.7 Å². The van der Waals surface area contributed by atoms with Gasteiger partial charge >= 0.3 is 0 Å². The van der Waals surface area contributed by atoms with E-state index in [-0.39, 0.29) is 12.0 Å². The van der Waals surface area contributed by atoms with Crippen molar-refractivity contribution in [3.05, 3.63) is 0 Å². The Balaban J connectivity index is 1.71. The fraction of sp³-hybridized carbons (Fsp3) is 1.00. The van der Waals surface area contributed by atoms with E-state index in [1.54, 1.807) is 0 Å². The molecule has 4 aliphatic heterocycles. The lowest BCUT2D eigenvalue weighted by molar-refractivity contribution is -0.392. The van der Waals surface area contributed by atoms with Gasteiger partial charge in [-0.15, -0.1) is 0 Å². The van der Waals surface area contributed by atoms with E-state index in [0.29, 0.717) is 12.2 Å². The third-order valence-electron chi connectivity index (χ3n) is 10.2. The second-order valence-corrected chi connectivity index (χ2v) is 16.5. The average molecular weight is 825 g/mol. The fourth-order valence-electron chi connectivity index (χ4n) is 7.26. The van der Waals surface area contributed by atoms with Crippen LogP contribution in [-0.2, 0) is 37.9 Å². The molecule has 0 saturated carbocycles. The largest absolute Gasteiger partial charge is 0.394 e. The molecule has 4 aliphatic rings. The molecule has 4 fully saturated rings. The van der Waals surface area contributed by atoms with Gasteiger partial charge in [0.05, 0.1) is 33.0 Å². The molecule has 0 aromatic carbocycles. The maximum Gasteiger partial charge on any atom is 0.187 e. The summed E-state index contributed by atoms with van der Waals surface area (Å²) in [4.78, 5) is 0. The zero-order valence-electron chi connectivity index (χ0n) is 31.0. The minimum absolute atomic E-state index is 0.0305. The summed E-state index contributed by atoms with van der Waals surface area (Å²) >= 11 is 4.43. The Morgan fingerprint density at radius 3 is 1.27 bits per heavy atom. The minimum Gasteiger partial charge on any atom is -0.394 e. The number of rotatable bonds is 16. The molecular formula is C33H60O21S. The molecule has 324 valence electrons. The van der Waals surface area contributed by atoms with Crippen LogP contribution >= 0.6 is 12.6 Å². The molecule has 20 atom stereocenters.